The molecule has 0 radical (unpaired) electrons. The normalized spacial score (nSPS) is 23.3. The standard InChI is InChI=1S/C12H19N3O3/c1-8-5-9(14-18-8)7-15(2)12(16)11-4-3-10(6-13)17-11/h5,10-11H,3-4,6-7,13H2,1-2H3. The second-order valence-corrected chi connectivity index (χ2v) is 4.68. The molecule has 2 unspecified atom stereocenters. The van der Waals surface area contributed by atoms with Crippen LogP contribution in [0.1, 0.15) is 24.3 Å². The van der Waals surface area contributed by atoms with Crippen LogP contribution in [-0.2, 0) is 16.1 Å². The van der Waals surface area contributed by atoms with Crippen LogP contribution in [0.25, 0.3) is 0 Å². The van der Waals surface area contributed by atoms with Gasteiger partial charge >= 0.3 is 0 Å². The van der Waals surface area contributed by atoms with Crippen LogP contribution in [0.2, 0.25) is 0 Å². The number of likely N-dealkylation sites (N-methyl/N-ethyl adjacent to an activating group) is 1. The third-order valence-electron chi connectivity index (χ3n) is 3.10. The lowest BCUT2D eigenvalue weighted by Gasteiger charge is -2.20. The van der Waals surface area contributed by atoms with Crippen LogP contribution in [0, 0.1) is 6.92 Å². The van der Waals surface area contributed by atoms with Crippen molar-refractivity contribution in [2.24, 2.45) is 5.73 Å². The Balaban J connectivity index is 1.89. The second-order valence-electron chi connectivity index (χ2n) is 4.68. The van der Waals surface area contributed by atoms with Gasteiger partial charge in [-0.15, -0.1) is 0 Å². The molecule has 2 atom stereocenters. The zero-order chi connectivity index (χ0) is 13.1. The SMILES string of the molecule is Cc1cc(CN(C)C(=O)C2CCC(CN)O2)no1. The summed E-state index contributed by atoms with van der Waals surface area (Å²) in [6.45, 7) is 2.73. The average Bonchev–Trinajstić information content (AvgIpc) is 2.97. The number of nitrogens with two attached hydrogens (primary N) is 1. The number of rotatable bonds is 4. The zero-order valence-electron chi connectivity index (χ0n) is 10.8. The fourth-order valence-electron chi connectivity index (χ4n) is 2.12. The molecule has 0 bridgehead atoms. The molecule has 1 aromatic heterocycles. The van der Waals surface area contributed by atoms with Gasteiger partial charge in [0.2, 0.25) is 0 Å². The fourth-order valence-corrected chi connectivity index (χ4v) is 2.12. The molecule has 100 valence electrons. The van der Waals surface area contributed by atoms with Crippen molar-refractivity contribution in [3.63, 3.8) is 0 Å². The smallest absolute Gasteiger partial charge is 0.251 e. The molecule has 1 fully saturated rings. The first-order chi connectivity index (χ1) is 8.60. The van der Waals surface area contributed by atoms with Crippen LogP contribution >= 0.6 is 0 Å². The van der Waals surface area contributed by atoms with E-state index in [0.717, 1.165) is 24.3 Å². The molecule has 1 aliphatic heterocycles. The van der Waals surface area contributed by atoms with Gasteiger partial charge in [0.25, 0.3) is 5.91 Å². The van der Waals surface area contributed by atoms with Crippen molar-refractivity contribution in [3.8, 4) is 0 Å². The number of aromatic nitrogens is 1. The summed E-state index contributed by atoms with van der Waals surface area (Å²) in [5, 5.41) is 3.87. The highest BCUT2D eigenvalue weighted by molar-refractivity contribution is 5.80. The summed E-state index contributed by atoms with van der Waals surface area (Å²) in [6.07, 6.45) is 1.24. The van der Waals surface area contributed by atoms with Gasteiger partial charge in [0.1, 0.15) is 17.6 Å². The van der Waals surface area contributed by atoms with E-state index in [-0.39, 0.29) is 18.1 Å². The van der Waals surface area contributed by atoms with E-state index in [1.54, 1.807) is 11.9 Å². The maximum Gasteiger partial charge on any atom is 0.251 e. The Labute approximate surface area is 106 Å². The lowest BCUT2D eigenvalue weighted by atomic mass is 10.2. The minimum atomic E-state index is -0.364. The van der Waals surface area contributed by atoms with E-state index >= 15 is 0 Å². The van der Waals surface area contributed by atoms with Gasteiger partial charge in [-0.25, -0.2) is 0 Å². The van der Waals surface area contributed by atoms with Crippen molar-refractivity contribution < 1.29 is 14.1 Å². The molecule has 1 amide bonds. The van der Waals surface area contributed by atoms with Crippen LogP contribution in [0.3, 0.4) is 0 Å². The van der Waals surface area contributed by atoms with Gasteiger partial charge in [-0.05, 0) is 19.8 Å². The van der Waals surface area contributed by atoms with E-state index in [1.165, 1.54) is 0 Å². The molecule has 2 rings (SSSR count). The van der Waals surface area contributed by atoms with Crippen molar-refractivity contribution in [2.45, 2.75) is 38.5 Å². The first kappa shape index (κ1) is 13.0. The molecule has 1 aliphatic rings. The summed E-state index contributed by atoms with van der Waals surface area (Å²) in [5.41, 5.74) is 6.27. The number of aryl methyl sites for hydroxylation is 1. The molecule has 2 heterocycles. The molecule has 6 heteroatoms. The summed E-state index contributed by atoms with van der Waals surface area (Å²) in [7, 11) is 1.74. The number of amides is 1. The number of hydrogen-bond acceptors (Lipinski definition) is 5. The fraction of sp³-hybridized carbons (Fsp3) is 0.667. The van der Waals surface area contributed by atoms with Crippen LogP contribution in [0.15, 0.2) is 10.6 Å². The van der Waals surface area contributed by atoms with E-state index in [9.17, 15) is 4.79 Å². The Morgan fingerprint density at radius 2 is 2.39 bits per heavy atom. The Bertz CT molecular complexity index is 418. The van der Waals surface area contributed by atoms with Crippen molar-refractivity contribution >= 4 is 5.91 Å². The topological polar surface area (TPSA) is 81.6 Å². The van der Waals surface area contributed by atoms with Crippen LogP contribution in [0.5, 0.6) is 0 Å². The largest absolute Gasteiger partial charge is 0.364 e. The first-order valence-electron chi connectivity index (χ1n) is 6.13. The lowest BCUT2D eigenvalue weighted by Crippen LogP contribution is -2.36. The van der Waals surface area contributed by atoms with Crippen molar-refractivity contribution in [2.75, 3.05) is 13.6 Å². The van der Waals surface area contributed by atoms with Crippen LogP contribution in [-0.4, -0.2) is 41.8 Å². The molecule has 1 saturated heterocycles. The number of nitrogens with zero attached hydrogens (tertiary/aromatic N) is 2. The molecule has 18 heavy (non-hydrogen) atoms. The highest BCUT2D eigenvalue weighted by Crippen LogP contribution is 2.20. The van der Waals surface area contributed by atoms with Crippen molar-refractivity contribution in [3.05, 3.63) is 17.5 Å². The Morgan fingerprint density at radius 3 is 2.94 bits per heavy atom. The quantitative estimate of drug-likeness (QED) is 0.842. The number of carbonyl (C=O) groups excluding carboxylic acids is 1. The molecule has 0 aromatic carbocycles. The maximum atomic E-state index is 12.1. The monoisotopic (exact) mass is 253 g/mol. The van der Waals surface area contributed by atoms with Crippen molar-refractivity contribution in [1.82, 2.24) is 10.1 Å². The molecule has 0 aliphatic carbocycles. The summed E-state index contributed by atoms with van der Waals surface area (Å²) in [6, 6.07) is 1.82. The van der Waals surface area contributed by atoms with E-state index in [0.29, 0.717) is 13.1 Å². The van der Waals surface area contributed by atoms with E-state index < -0.39 is 0 Å². The molecular weight excluding hydrogens is 234 g/mol. The summed E-state index contributed by atoms with van der Waals surface area (Å²) in [4.78, 5) is 13.7. The molecule has 2 N–H and O–H groups in total. The maximum absolute atomic E-state index is 12.1. The van der Waals surface area contributed by atoms with Crippen LogP contribution in [0.4, 0.5) is 0 Å². The Kier molecular flexibility index (Phi) is 3.98. The molecule has 6 nitrogen and oxygen atoms in total. The number of hydrogen-bond donors (Lipinski definition) is 1. The summed E-state index contributed by atoms with van der Waals surface area (Å²) < 4.78 is 10.5. The molecule has 0 saturated carbocycles. The van der Waals surface area contributed by atoms with E-state index in [2.05, 4.69) is 5.16 Å². The third-order valence-corrected chi connectivity index (χ3v) is 3.10. The van der Waals surface area contributed by atoms with Gasteiger partial charge in [0, 0.05) is 19.7 Å². The van der Waals surface area contributed by atoms with Gasteiger partial charge in [0.05, 0.1) is 12.6 Å². The predicted molar refractivity (Wildman–Crippen MR) is 64.7 cm³/mol. The lowest BCUT2D eigenvalue weighted by molar-refractivity contribution is -0.142. The summed E-state index contributed by atoms with van der Waals surface area (Å²) in [5.74, 6) is 0.720. The zero-order valence-corrected chi connectivity index (χ0v) is 10.8. The van der Waals surface area contributed by atoms with Gasteiger partial charge in [-0.3, -0.25) is 4.79 Å². The van der Waals surface area contributed by atoms with Gasteiger partial charge in [-0.1, -0.05) is 5.16 Å². The van der Waals surface area contributed by atoms with Crippen molar-refractivity contribution in [1.29, 1.82) is 0 Å². The van der Waals surface area contributed by atoms with Gasteiger partial charge in [-0.2, -0.15) is 0 Å². The van der Waals surface area contributed by atoms with Gasteiger partial charge in [0.15, 0.2) is 0 Å². The minimum absolute atomic E-state index is 0.0154. The number of ether oxygens (including phenoxy) is 1. The first-order valence-corrected chi connectivity index (χ1v) is 6.13. The molecular formula is C12H19N3O3. The summed E-state index contributed by atoms with van der Waals surface area (Å²) >= 11 is 0. The Morgan fingerprint density at radius 1 is 1.61 bits per heavy atom. The minimum Gasteiger partial charge on any atom is -0.364 e. The third kappa shape index (κ3) is 2.88. The van der Waals surface area contributed by atoms with E-state index in [4.69, 9.17) is 15.0 Å². The predicted octanol–water partition coefficient (Wildman–Crippen LogP) is 0.448. The Hall–Kier alpha value is -1.40. The average molecular weight is 253 g/mol. The molecule has 1 aromatic rings. The van der Waals surface area contributed by atoms with E-state index in [1.807, 2.05) is 13.0 Å². The molecule has 0 spiro atoms. The highest BCUT2D eigenvalue weighted by Gasteiger charge is 2.31. The second kappa shape index (κ2) is 5.49. The van der Waals surface area contributed by atoms with Gasteiger partial charge < -0.3 is 19.9 Å². The number of carbonyl (C=O) groups is 1. The van der Waals surface area contributed by atoms with Crippen LogP contribution < -0.4 is 5.73 Å². The highest BCUT2D eigenvalue weighted by atomic mass is 16.5.